The second-order valence-electron chi connectivity index (χ2n) is 5.53. The standard InChI is InChI=1S/C18H18N2O4/c21-10-12(22)9-20-17-8-11(4-5-15(17)18(23)24)13-2-1-3-16-14(13)6-7-19-16/h1-8,12,19-22H,9-10H2,(H,23,24). The maximum atomic E-state index is 11.4. The summed E-state index contributed by atoms with van der Waals surface area (Å²) < 4.78 is 0. The molecule has 124 valence electrons. The topological polar surface area (TPSA) is 106 Å². The van der Waals surface area contributed by atoms with E-state index in [0.29, 0.717) is 5.69 Å². The van der Waals surface area contributed by atoms with Gasteiger partial charge in [-0.05, 0) is 35.4 Å². The number of carbonyl (C=O) groups is 1. The lowest BCUT2D eigenvalue weighted by molar-refractivity contribution is 0.0697. The van der Waals surface area contributed by atoms with E-state index in [-0.39, 0.29) is 12.1 Å². The Kier molecular flexibility index (Phi) is 4.50. The number of aromatic nitrogens is 1. The summed E-state index contributed by atoms with van der Waals surface area (Å²) in [5, 5.41) is 31.7. The second-order valence-corrected chi connectivity index (χ2v) is 5.53. The molecule has 0 spiro atoms. The number of H-pyrrole nitrogens is 1. The quantitative estimate of drug-likeness (QED) is 0.478. The van der Waals surface area contributed by atoms with Crippen molar-refractivity contribution in [3.8, 4) is 11.1 Å². The highest BCUT2D eigenvalue weighted by Crippen LogP contribution is 2.31. The largest absolute Gasteiger partial charge is 0.478 e. The Morgan fingerprint density at radius 1 is 1.21 bits per heavy atom. The Bertz CT molecular complexity index is 872. The fraction of sp³-hybridized carbons (Fsp3) is 0.167. The van der Waals surface area contributed by atoms with Crippen LogP contribution in [0.3, 0.4) is 0 Å². The van der Waals surface area contributed by atoms with Crippen molar-refractivity contribution in [3.63, 3.8) is 0 Å². The molecule has 1 atom stereocenters. The lowest BCUT2D eigenvalue weighted by atomic mass is 9.99. The van der Waals surface area contributed by atoms with Crippen LogP contribution in [0.1, 0.15) is 10.4 Å². The molecule has 1 unspecified atom stereocenters. The van der Waals surface area contributed by atoms with Gasteiger partial charge in [0.05, 0.1) is 18.3 Å². The number of fused-ring (bicyclic) bond motifs is 1. The highest BCUT2D eigenvalue weighted by Gasteiger charge is 2.14. The minimum Gasteiger partial charge on any atom is -0.478 e. The summed E-state index contributed by atoms with van der Waals surface area (Å²) in [6.45, 7) is -0.327. The maximum Gasteiger partial charge on any atom is 0.337 e. The Balaban J connectivity index is 2.03. The number of anilines is 1. The first-order chi connectivity index (χ1) is 11.6. The highest BCUT2D eigenvalue weighted by atomic mass is 16.4. The van der Waals surface area contributed by atoms with E-state index in [1.165, 1.54) is 6.07 Å². The number of aliphatic hydroxyl groups is 2. The maximum absolute atomic E-state index is 11.4. The van der Waals surface area contributed by atoms with E-state index < -0.39 is 18.7 Å². The van der Waals surface area contributed by atoms with Gasteiger partial charge in [0.1, 0.15) is 0 Å². The third kappa shape index (κ3) is 3.10. The normalized spacial score (nSPS) is 12.2. The molecule has 0 aliphatic heterocycles. The Hall–Kier alpha value is -2.83. The van der Waals surface area contributed by atoms with Crippen LogP contribution in [0.5, 0.6) is 0 Å². The third-order valence-electron chi connectivity index (χ3n) is 3.89. The SMILES string of the molecule is O=C(O)c1ccc(-c2cccc3[nH]ccc23)cc1NCC(O)CO. The zero-order valence-electron chi connectivity index (χ0n) is 12.9. The predicted octanol–water partition coefficient (Wildman–Crippen LogP) is 2.30. The van der Waals surface area contributed by atoms with E-state index >= 15 is 0 Å². The molecule has 0 aliphatic carbocycles. The molecule has 0 amide bonds. The van der Waals surface area contributed by atoms with Crippen LogP contribution in [0.4, 0.5) is 5.69 Å². The Labute approximate surface area is 138 Å². The lowest BCUT2D eigenvalue weighted by Crippen LogP contribution is -2.23. The van der Waals surface area contributed by atoms with Gasteiger partial charge >= 0.3 is 5.97 Å². The molecule has 6 heteroatoms. The summed E-state index contributed by atoms with van der Waals surface area (Å²) in [5.41, 5.74) is 3.37. The van der Waals surface area contributed by atoms with Crippen LogP contribution < -0.4 is 5.32 Å². The summed E-state index contributed by atoms with van der Waals surface area (Å²) in [5.74, 6) is -1.05. The van der Waals surface area contributed by atoms with Crippen LogP contribution in [0.15, 0.2) is 48.7 Å². The number of carboxylic acids is 1. The first kappa shape index (κ1) is 16.0. The molecule has 24 heavy (non-hydrogen) atoms. The van der Waals surface area contributed by atoms with Gasteiger partial charge < -0.3 is 25.6 Å². The van der Waals surface area contributed by atoms with Crippen LogP contribution in [-0.2, 0) is 0 Å². The van der Waals surface area contributed by atoms with Gasteiger partial charge in [-0.1, -0.05) is 18.2 Å². The first-order valence-corrected chi connectivity index (χ1v) is 7.56. The predicted molar refractivity (Wildman–Crippen MR) is 92.3 cm³/mol. The molecule has 3 aromatic rings. The number of rotatable bonds is 6. The molecular formula is C18H18N2O4. The molecule has 0 aliphatic rings. The fourth-order valence-electron chi connectivity index (χ4n) is 2.67. The first-order valence-electron chi connectivity index (χ1n) is 7.56. The summed E-state index contributed by atoms with van der Waals surface area (Å²) in [4.78, 5) is 14.5. The van der Waals surface area contributed by atoms with Crippen molar-refractivity contribution in [2.45, 2.75) is 6.10 Å². The van der Waals surface area contributed by atoms with Crippen LogP contribution in [0.2, 0.25) is 0 Å². The van der Waals surface area contributed by atoms with Crippen molar-refractivity contribution in [3.05, 3.63) is 54.2 Å². The number of benzene rings is 2. The monoisotopic (exact) mass is 326 g/mol. The number of aliphatic hydroxyl groups excluding tert-OH is 2. The average molecular weight is 326 g/mol. The second kappa shape index (κ2) is 6.74. The number of hydrogen-bond acceptors (Lipinski definition) is 4. The van der Waals surface area contributed by atoms with Crippen molar-refractivity contribution in [2.75, 3.05) is 18.5 Å². The van der Waals surface area contributed by atoms with Crippen LogP contribution >= 0.6 is 0 Å². The summed E-state index contributed by atoms with van der Waals surface area (Å²) in [7, 11) is 0. The minimum absolute atomic E-state index is 0.0641. The van der Waals surface area contributed by atoms with Gasteiger partial charge in [-0.2, -0.15) is 0 Å². The van der Waals surface area contributed by atoms with Gasteiger partial charge in [0, 0.05) is 29.3 Å². The van der Waals surface area contributed by atoms with E-state index in [0.717, 1.165) is 22.0 Å². The van der Waals surface area contributed by atoms with E-state index in [1.807, 2.05) is 30.5 Å². The highest BCUT2D eigenvalue weighted by molar-refractivity contribution is 5.99. The molecule has 0 saturated carbocycles. The fourth-order valence-corrected chi connectivity index (χ4v) is 2.67. The van der Waals surface area contributed by atoms with Gasteiger partial charge in [0.15, 0.2) is 0 Å². The molecule has 6 nitrogen and oxygen atoms in total. The lowest BCUT2D eigenvalue weighted by Gasteiger charge is -2.14. The molecule has 0 bridgehead atoms. The molecule has 1 heterocycles. The summed E-state index contributed by atoms with van der Waals surface area (Å²) >= 11 is 0. The molecule has 5 N–H and O–H groups in total. The molecule has 2 aromatic carbocycles. The zero-order valence-corrected chi connectivity index (χ0v) is 12.9. The van der Waals surface area contributed by atoms with Crippen LogP contribution in [0.25, 0.3) is 22.0 Å². The van der Waals surface area contributed by atoms with E-state index in [1.54, 1.807) is 12.1 Å². The summed E-state index contributed by atoms with van der Waals surface area (Å²) in [6.07, 6.45) is 0.903. The molecule has 3 rings (SSSR count). The number of aromatic amines is 1. The van der Waals surface area contributed by atoms with Gasteiger partial charge in [0.2, 0.25) is 0 Å². The van der Waals surface area contributed by atoms with Crippen molar-refractivity contribution < 1.29 is 20.1 Å². The van der Waals surface area contributed by atoms with E-state index in [2.05, 4.69) is 10.3 Å². The smallest absolute Gasteiger partial charge is 0.337 e. The van der Waals surface area contributed by atoms with Crippen molar-refractivity contribution >= 4 is 22.6 Å². The van der Waals surface area contributed by atoms with Crippen molar-refractivity contribution in [1.82, 2.24) is 4.98 Å². The Morgan fingerprint density at radius 2 is 2.04 bits per heavy atom. The summed E-state index contributed by atoms with van der Waals surface area (Å²) in [6, 6.07) is 12.9. The van der Waals surface area contributed by atoms with Gasteiger partial charge in [-0.25, -0.2) is 4.79 Å². The van der Waals surface area contributed by atoms with E-state index in [9.17, 15) is 15.0 Å². The molecule has 0 radical (unpaired) electrons. The number of carboxylic acid groups (broad SMARTS) is 1. The van der Waals surface area contributed by atoms with E-state index in [4.69, 9.17) is 5.11 Å². The van der Waals surface area contributed by atoms with Gasteiger partial charge in [-0.15, -0.1) is 0 Å². The molecular weight excluding hydrogens is 308 g/mol. The minimum atomic E-state index is -1.05. The Morgan fingerprint density at radius 3 is 2.79 bits per heavy atom. The number of nitrogens with one attached hydrogen (secondary N) is 2. The third-order valence-corrected chi connectivity index (χ3v) is 3.89. The van der Waals surface area contributed by atoms with Gasteiger partial charge in [0.25, 0.3) is 0 Å². The van der Waals surface area contributed by atoms with Crippen molar-refractivity contribution in [1.29, 1.82) is 0 Å². The number of aromatic carboxylic acids is 1. The average Bonchev–Trinajstić information content (AvgIpc) is 3.07. The zero-order chi connectivity index (χ0) is 17.1. The molecule has 0 saturated heterocycles. The van der Waals surface area contributed by atoms with Crippen molar-refractivity contribution in [2.24, 2.45) is 0 Å². The van der Waals surface area contributed by atoms with Gasteiger partial charge in [-0.3, -0.25) is 0 Å². The molecule has 0 fully saturated rings. The number of hydrogen-bond donors (Lipinski definition) is 5. The molecule has 1 aromatic heterocycles. The van der Waals surface area contributed by atoms with Crippen LogP contribution in [-0.4, -0.2) is 45.5 Å². The van der Waals surface area contributed by atoms with Crippen LogP contribution in [0, 0.1) is 0 Å².